The maximum atomic E-state index is 12.7. The molecule has 0 bridgehead atoms. The molecule has 3 rings (SSSR count). The van der Waals surface area contributed by atoms with Crippen molar-refractivity contribution in [3.8, 4) is 17.4 Å². The Hall–Kier alpha value is -3.93. The summed E-state index contributed by atoms with van der Waals surface area (Å²) in [5, 5.41) is 10.2. The number of amides is 2. The third-order valence-electron chi connectivity index (χ3n) is 4.63. The van der Waals surface area contributed by atoms with E-state index < -0.39 is 28.6 Å². The molecule has 12 heteroatoms. The first-order chi connectivity index (χ1) is 16.8. The van der Waals surface area contributed by atoms with Crippen LogP contribution < -0.4 is 9.47 Å². The third-order valence-corrected chi connectivity index (χ3v) is 5.54. The Kier molecular flexibility index (Phi) is 8.79. The summed E-state index contributed by atoms with van der Waals surface area (Å²) in [6.45, 7) is 3.86. The van der Waals surface area contributed by atoms with Crippen LogP contribution >= 0.6 is 11.8 Å². The summed E-state index contributed by atoms with van der Waals surface area (Å²) in [7, 11) is 0. The number of rotatable bonds is 11. The normalized spacial score (nSPS) is 14.3. The quantitative estimate of drug-likeness (QED) is 0.142. The van der Waals surface area contributed by atoms with E-state index in [0.717, 1.165) is 29.3 Å². The molecule has 1 aromatic heterocycles. The second-order valence-electron chi connectivity index (χ2n) is 7.19. The molecule has 0 saturated carbocycles. The molecule has 35 heavy (non-hydrogen) atoms. The van der Waals surface area contributed by atoms with Crippen LogP contribution in [0.1, 0.15) is 32.3 Å². The van der Waals surface area contributed by atoms with Gasteiger partial charge in [-0.25, -0.2) is 4.98 Å². The number of benzene rings is 1. The molecule has 0 unspecified atom stereocenters. The fourth-order valence-electron chi connectivity index (χ4n) is 2.91. The van der Waals surface area contributed by atoms with Crippen LogP contribution in [0.4, 0.5) is 10.5 Å². The second-order valence-corrected chi connectivity index (χ2v) is 8.19. The predicted molar refractivity (Wildman–Crippen MR) is 127 cm³/mol. The first-order valence-electron chi connectivity index (χ1n) is 10.8. The molecule has 0 N–H and O–H groups in total. The lowest BCUT2D eigenvalue weighted by atomic mass is 10.2. The average molecular weight is 502 g/mol. The van der Waals surface area contributed by atoms with Gasteiger partial charge in [-0.05, 0) is 48.9 Å². The molecule has 1 aromatic carbocycles. The lowest BCUT2D eigenvalue weighted by Crippen LogP contribution is -2.34. The van der Waals surface area contributed by atoms with Gasteiger partial charge in [-0.1, -0.05) is 19.4 Å². The first-order valence-corrected chi connectivity index (χ1v) is 11.6. The van der Waals surface area contributed by atoms with Crippen LogP contribution in [0.15, 0.2) is 41.4 Å². The van der Waals surface area contributed by atoms with Gasteiger partial charge in [0.1, 0.15) is 12.7 Å². The number of carbonyl (C=O) groups excluding carboxylic acids is 3. The number of nitrogens with zero attached hydrogens (tertiary/aromatic N) is 3. The van der Waals surface area contributed by atoms with Gasteiger partial charge in [0.25, 0.3) is 16.8 Å². The molecule has 0 spiro atoms. The lowest BCUT2D eigenvalue weighted by Gasteiger charge is -2.12. The molecule has 1 fully saturated rings. The van der Waals surface area contributed by atoms with Crippen LogP contribution in [-0.4, -0.2) is 51.7 Å². The fourth-order valence-corrected chi connectivity index (χ4v) is 3.75. The molecule has 11 nitrogen and oxygen atoms in total. The minimum Gasteiger partial charge on any atom is -0.490 e. The van der Waals surface area contributed by atoms with Crippen molar-refractivity contribution in [1.82, 2.24) is 9.88 Å². The van der Waals surface area contributed by atoms with Crippen molar-refractivity contribution in [2.24, 2.45) is 0 Å². The summed E-state index contributed by atoms with van der Waals surface area (Å²) in [5.74, 6) is -0.424. The van der Waals surface area contributed by atoms with Gasteiger partial charge < -0.3 is 14.2 Å². The maximum Gasteiger partial charge on any atom is 0.326 e. The van der Waals surface area contributed by atoms with Gasteiger partial charge >= 0.3 is 5.97 Å². The Morgan fingerprint density at radius 2 is 2.00 bits per heavy atom. The first kappa shape index (κ1) is 25.7. The molecule has 2 heterocycles. The number of carbonyl (C=O) groups is 3. The van der Waals surface area contributed by atoms with Crippen molar-refractivity contribution in [2.75, 3.05) is 19.8 Å². The Morgan fingerprint density at radius 1 is 1.20 bits per heavy atom. The number of ether oxygens (including phenoxy) is 3. The van der Waals surface area contributed by atoms with Crippen LogP contribution in [0.5, 0.6) is 17.4 Å². The SMILES string of the molecule is CCCCOC(=O)CN1C(=O)S/C(=C\c2ccc(Oc3ccc([N+](=O)[O-])cn3)c(OCC)c2)C1=O. The van der Waals surface area contributed by atoms with Crippen molar-refractivity contribution in [3.05, 3.63) is 57.1 Å². The van der Waals surface area contributed by atoms with Crippen molar-refractivity contribution in [3.63, 3.8) is 0 Å². The highest BCUT2D eigenvalue weighted by molar-refractivity contribution is 8.18. The van der Waals surface area contributed by atoms with Crippen LogP contribution in [0.2, 0.25) is 0 Å². The zero-order valence-corrected chi connectivity index (χ0v) is 19.9. The number of hydrogen-bond acceptors (Lipinski definition) is 10. The second kappa shape index (κ2) is 12.0. The summed E-state index contributed by atoms with van der Waals surface area (Å²) in [6, 6.07) is 7.50. The van der Waals surface area contributed by atoms with E-state index in [1.165, 1.54) is 18.2 Å². The molecule has 2 aromatic rings. The number of aromatic nitrogens is 1. The van der Waals surface area contributed by atoms with E-state index in [2.05, 4.69) is 4.98 Å². The monoisotopic (exact) mass is 501 g/mol. The number of unbranched alkanes of at least 4 members (excludes halogenated alkanes) is 1. The lowest BCUT2D eigenvalue weighted by molar-refractivity contribution is -0.385. The third kappa shape index (κ3) is 6.79. The van der Waals surface area contributed by atoms with E-state index in [0.29, 0.717) is 30.1 Å². The number of hydrogen-bond donors (Lipinski definition) is 0. The van der Waals surface area contributed by atoms with Gasteiger partial charge in [-0.2, -0.15) is 0 Å². The summed E-state index contributed by atoms with van der Waals surface area (Å²) < 4.78 is 16.4. The highest BCUT2D eigenvalue weighted by atomic mass is 32.2. The van der Waals surface area contributed by atoms with Gasteiger partial charge in [-0.15, -0.1) is 0 Å². The Morgan fingerprint density at radius 3 is 2.66 bits per heavy atom. The van der Waals surface area contributed by atoms with Crippen LogP contribution in [0.25, 0.3) is 6.08 Å². The number of esters is 1. The van der Waals surface area contributed by atoms with Crippen LogP contribution in [0, 0.1) is 10.1 Å². The molecule has 1 aliphatic heterocycles. The molecule has 184 valence electrons. The summed E-state index contributed by atoms with van der Waals surface area (Å²) in [5.41, 5.74) is 0.398. The Labute approximate surface area is 205 Å². The van der Waals surface area contributed by atoms with Gasteiger partial charge in [0.2, 0.25) is 5.88 Å². The molecule has 0 radical (unpaired) electrons. The van der Waals surface area contributed by atoms with E-state index in [1.54, 1.807) is 25.1 Å². The van der Waals surface area contributed by atoms with E-state index >= 15 is 0 Å². The molecule has 0 aliphatic carbocycles. The minimum absolute atomic E-state index is 0.135. The van der Waals surface area contributed by atoms with Crippen molar-refractivity contribution in [1.29, 1.82) is 0 Å². The largest absolute Gasteiger partial charge is 0.490 e. The van der Waals surface area contributed by atoms with E-state index in [4.69, 9.17) is 14.2 Å². The summed E-state index contributed by atoms with van der Waals surface area (Å²) in [4.78, 5) is 52.0. The zero-order valence-electron chi connectivity index (χ0n) is 19.1. The van der Waals surface area contributed by atoms with Gasteiger partial charge in [0.15, 0.2) is 11.5 Å². The smallest absolute Gasteiger partial charge is 0.326 e. The van der Waals surface area contributed by atoms with Crippen LogP contribution in [0.3, 0.4) is 0 Å². The molecule has 2 amide bonds. The summed E-state index contributed by atoms with van der Waals surface area (Å²) in [6.07, 6.45) is 4.16. The Bertz CT molecular complexity index is 1150. The van der Waals surface area contributed by atoms with E-state index in [9.17, 15) is 24.5 Å². The average Bonchev–Trinajstić information content (AvgIpc) is 3.08. The highest BCUT2D eigenvalue weighted by Gasteiger charge is 2.36. The van der Waals surface area contributed by atoms with Gasteiger partial charge in [0, 0.05) is 12.1 Å². The van der Waals surface area contributed by atoms with E-state index in [-0.39, 0.29) is 23.1 Å². The standard InChI is InChI=1S/C23H23N3O8S/c1-3-5-10-33-21(27)14-25-22(28)19(35-23(25)29)12-15-6-8-17(18(11-15)32-4-2)34-20-9-7-16(13-24-20)26(30)31/h6-9,11-13H,3-5,10,14H2,1-2H3/b19-12-. The van der Waals surface area contributed by atoms with E-state index in [1.807, 2.05) is 6.92 Å². The minimum atomic E-state index is -0.637. The van der Waals surface area contributed by atoms with Gasteiger partial charge in [-0.3, -0.25) is 29.4 Å². The van der Waals surface area contributed by atoms with Crippen molar-refractivity contribution >= 4 is 40.6 Å². The predicted octanol–water partition coefficient (Wildman–Crippen LogP) is 4.56. The maximum absolute atomic E-state index is 12.7. The zero-order chi connectivity index (χ0) is 25.4. The topological polar surface area (TPSA) is 138 Å². The van der Waals surface area contributed by atoms with Crippen molar-refractivity contribution in [2.45, 2.75) is 26.7 Å². The number of imide groups is 1. The van der Waals surface area contributed by atoms with Crippen LogP contribution in [-0.2, 0) is 14.3 Å². The fraction of sp³-hybridized carbons (Fsp3) is 0.304. The van der Waals surface area contributed by atoms with Crippen molar-refractivity contribution < 1.29 is 33.5 Å². The molecule has 1 aliphatic rings. The number of thioether (sulfide) groups is 1. The number of pyridine rings is 1. The molecular weight excluding hydrogens is 478 g/mol. The van der Waals surface area contributed by atoms with Gasteiger partial charge in [0.05, 0.1) is 23.0 Å². The molecule has 1 saturated heterocycles. The number of nitro groups is 1. The molecular formula is C23H23N3O8S. The Balaban J connectivity index is 1.74. The highest BCUT2D eigenvalue weighted by Crippen LogP contribution is 2.36. The summed E-state index contributed by atoms with van der Waals surface area (Å²) >= 11 is 0.730. The molecule has 0 atom stereocenters.